The Morgan fingerprint density at radius 1 is 0.900 bits per heavy atom. The van der Waals surface area contributed by atoms with Crippen molar-refractivity contribution in [2.45, 2.75) is 104 Å². The van der Waals surface area contributed by atoms with Crippen LogP contribution < -0.4 is 0 Å². The van der Waals surface area contributed by atoms with Gasteiger partial charge in [-0.15, -0.1) is 0 Å². The normalized spacial score (nSPS) is 48.0. The zero-order valence-electron chi connectivity index (χ0n) is 19.6. The summed E-state index contributed by atoms with van der Waals surface area (Å²) in [5, 5.41) is 8.63. The van der Waals surface area contributed by atoms with E-state index < -0.39 is 0 Å². The zero-order valence-corrected chi connectivity index (χ0v) is 21.8. The average molecular weight is 525 g/mol. The lowest BCUT2D eigenvalue weighted by atomic mass is 9.49. The first kappa shape index (κ1) is 22.2. The molecule has 5 aliphatic rings. The SMILES string of the molecule is CC12CCC3C(CCCC4CC(CCC5CCN(I)CC5)CC[C@]43C)C1CCC2=N. The lowest BCUT2D eigenvalue weighted by molar-refractivity contribution is -0.0538. The summed E-state index contributed by atoms with van der Waals surface area (Å²) in [6.45, 7) is 7.83. The van der Waals surface area contributed by atoms with E-state index in [1.54, 1.807) is 6.42 Å². The summed E-state index contributed by atoms with van der Waals surface area (Å²) in [5.41, 5.74) is 1.98. The van der Waals surface area contributed by atoms with Crippen LogP contribution in [0.25, 0.3) is 0 Å². The number of nitrogens with one attached hydrogen (secondary N) is 1. The molecular weight excluding hydrogens is 479 g/mol. The Labute approximate surface area is 199 Å². The lowest BCUT2D eigenvalue weighted by Crippen LogP contribution is -2.49. The van der Waals surface area contributed by atoms with Crippen molar-refractivity contribution in [3.8, 4) is 0 Å². The molecule has 0 aromatic carbocycles. The van der Waals surface area contributed by atoms with Gasteiger partial charge in [0.25, 0.3) is 0 Å². The van der Waals surface area contributed by atoms with Gasteiger partial charge in [-0.05, 0) is 112 Å². The van der Waals surface area contributed by atoms with Crippen LogP contribution >= 0.6 is 22.9 Å². The molecule has 0 amide bonds. The van der Waals surface area contributed by atoms with E-state index in [2.05, 4.69) is 39.8 Å². The Hall–Kier alpha value is 0.360. The van der Waals surface area contributed by atoms with Gasteiger partial charge in [-0.2, -0.15) is 0 Å². The summed E-state index contributed by atoms with van der Waals surface area (Å²) in [6.07, 6.45) is 20.1. The second-order valence-electron chi connectivity index (χ2n) is 12.6. The summed E-state index contributed by atoms with van der Waals surface area (Å²) in [7, 11) is 0. The van der Waals surface area contributed by atoms with Gasteiger partial charge in [-0.3, -0.25) is 0 Å². The van der Waals surface area contributed by atoms with Crippen LogP contribution in [0.3, 0.4) is 0 Å². The minimum Gasteiger partial charge on any atom is -0.309 e. The Balaban J connectivity index is 1.23. The highest BCUT2D eigenvalue weighted by Crippen LogP contribution is 2.64. The van der Waals surface area contributed by atoms with Crippen LogP contribution in [-0.4, -0.2) is 21.9 Å². The molecule has 0 aromatic heterocycles. The highest BCUT2D eigenvalue weighted by Gasteiger charge is 2.57. The van der Waals surface area contributed by atoms with Gasteiger partial charge >= 0.3 is 0 Å². The molecule has 1 saturated heterocycles. The Bertz CT molecular complexity index is 641. The molecular formula is C27H45IN2. The van der Waals surface area contributed by atoms with Gasteiger partial charge < -0.3 is 5.41 Å². The minimum atomic E-state index is 0.266. The van der Waals surface area contributed by atoms with E-state index in [-0.39, 0.29) is 5.41 Å². The van der Waals surface area contributed by atoms with E-state index in [4.69, 9.17) is 5.41 Å². The molecule has 6 unspecified atom stereocenters. The maximum Gasteiger partial charge on any atom is 0.0201 e. The summed E-state index contributed by atoms with van der Waals surface area (Å²) < 4.78 is 2.49. The number of hydrogen-bond donors (Lipinski definition) is 1. The number of nitrogens with zero attached hydrogens (tertiary/aromatic N) is 1. The van der Waals surface area contributed by atoms with E-state index in [9.17, 15) is 0 Å². The number of hydrogen-bond acceptors (Lipinski definition) is 2. The van der Waals surface area contributed by atoms with Crippen LogP contribution in [-0.2, 0) is 0 Å². The molecule has 7 atom stereocenters. The van der Waals surface area contributed by atoms with Crippen LogP contribution in [0.15, 0.2) is 0 Å². The first-order valence-corrected chi connectivity index (χ1v) is 14.4. The lowest BCUT2D eigenvalue weighted by Gasteiger charge is -2.55. The van der Waals surface area contributed by atoms with Gasteiger partial charge in [0.1, 0.15) is 0 Å². The Morgan fingerprint density at radius 2 is 1.67 bits per heavy atom. The van der Waals surface area contributed by atoms with Gasteiger partial charge in [-0.1, -0.05) is 33.1 Å². The maximum atomic E-state index is 8.63. The van der Waals surface area contributed by atoms with E-state index >= 15 is 0 Å². The first-order chi connectivity index (χ1) is 14.4. The molecule has 4 aliphatic carbocycles. The van der Waals surface area contributed by atoms with Crippen molar-refractivity contribution in [3.05, 3.63) is 0 Å². The molecule has 2 nitrogen and oxygen atoms in total. The van der Waals surface area contributed by atoms with Crippen LogP contribution in [0.2, 0.25) is 0 Å². The molecule has 1 aliphatic heterocycles. The molecule has 170 valence electrons. The summed E-state index contributed by atoms with van der Waals surface area (Å²) in [6, 6.07) is 0. The van der Waals surface area contributed by atoms with E-state index in [0.717, 1.165) is 47.6 Å². The predicted octanol–water partition coefficient (Wildman–Crippen LogP) is 7.90. The van der Waals surface area contributed by atoms with Gasteiger partial charge in [0.15, 0.2) is 0 Å². The van der Waals surface area contributed by atoms with Gasteiger partial charge in [-0.25, -0.2) is 3.11 Å². The van der Waals surface area contributed by atoms with E-state index in [0.29, 0.717) is 5.41 Å². The molecule has 1 N–H and O–H groups in total. The number of rotatable bonds is 3. The molecule has 4 saturated carbocycles. The van der Waals surface area contributed by atoms with E-state index in [1.807, 2.05) is 0 Å². The van der Waals surface area contributed by atoms with Crippen molar-refractivity contribution in [2.24, 2.45) is 46.3 Å². The monoisotopic (exact) mass is 524 g/mol. The Kier molecular flexibility index (Phi) is 6.36. The smallest absolute Gasteiger partial charge is 0.0201 e. The van der Waals surface area contributed by atoms with Crippen LogP contribution in [0.4, 0.5) is 0 Å². The van der Waals surface area contributed by atoms with Crippen molar-refractivity contribution in [3.63, 3.8) is 0 Å². The average Bonchev–Trinajstić information content (AvgIpc) is 2.95. The van der Waals surface area contributed by atoms with Gasteiger partial charge in [0, 0.05) is 47.1 Å². The van der Waals surface area contributed by atoms with Crippen LogP contribution in [0, 0.1) is 51.7 Å². The highest BCUT2D eigenvalue weighted by atomic mass is 127. The topological polar surface area (TPSA) is 27.1 Å². The predicted molar refractivity (Wildman–Crippen MR) is 135 cm³/mol. The number of piperidine rings is 1. The third-order valence-corrected chi connectivity index (χ3v) is 12.3. The molecule has 0 spiro atoms. The largest absolute Gasteiger partial charge is 0.309 e. The second-order valence-corrected chi connectivity index (χ2v) is 13.9. The molecule has 3 heteroatoms. The molecule has 5 rings (SSSR count). The molecule has 1 heterocycles. The van der Waals surface area contributed by atoms with Crippen molar-refractivity contribution >= 4 is 28.6 Å². The second kappa shape index (κ2) is 8.61. The number of fused-ring (bicyclic) bond motifs is 5. The standard InChI is InChI=1S/C27H45IN2/c1-26-14-10-20(7-6-19-12-16-30(28)17-13-19)18-21(26)4-3-5-22-23-8-9-25(29)27(23,2)15-11-24(22)26/h19-24,29H,3-18H2,1-2H3/t20?,21?,22?,23?,24?,26-,27?/m1/s1. The maximum absolute atomic E-state index is 8.63. The number of halogens is 1. The van der Waals surface area contributed by atoms with Crippen LogP contribution in [0.5, 0.6) is 0 Å². The summed E-state index contributed by atoms with van der Waals surface area (Å²) in [5.74, 6) is 5.75. The Morgan fingerprint density at radius 3 is 2.47 bits per heavy atom. The third-order valence-electron chi connectivity index (χ3n) is 11.3. The fraction of sp³-hybridized carbons (Fsp3) is 0.963. The van der Waals surface area contributed by atoms with Gasteiger partial charge in [0.05, 0.1) is 0 Å². The molecule has 5 fully saturated rings. The molecule has 30 heavy (non-hydrogen) atoms. The van der Waals surface area contributed by atoms with Gasteiger partial charge in [0.2, 0.25) is 0 Å². The highest BCUT2D eigenvalue weighted by molar-refractivity contribution is 14.1. The third kappa shape index (κ3) is 3.84. The van der Waals surface area contributed by atoms with Crippen molar-refractivity contribution < 1.29 is 0 Å². The molecule has 0 radical (unpaired) electrons. The van der Waals surface area contributed by atoms with Crippen molar-refractivity contribution in [1.29, 1.82) is 5.41 Å². The fourth-order valence-electron chi connectivity index (χ4n) is 9.29. The minimum absolute atomic E-state index is 0.266. The van der Waals surface area contributed by atoms with Crippen LogP contribution in [0.1, 0.15) is 104 Å². The molecule has 0 aromatic rings. The summed E-state index contributed by atoms with van der Waals surface area (Å²) in [4.78, 5) is 0. The molecule has 0 bridgehead atoms. The summed E-state index contributed by atoms with van der Waals surface area (Å²) >= 11 is 2.51. The first-order valence-electron chi connectivity index (χ1n) is 13.4. The van der Waals surface area contributed by atoms with Crippen molar-refractivity contribution in [1.82, 2.24) is 3.11 Å². The fourth-order valence-corrected chi connectivity index (χ4v) is 9.85. The van der Waals surface area contributed by atoms with Crippen molar-refractivity contribution in [2.75, 3.05) is 13.1 Å². The van der Waals surface area contributed by atoms with E-state index in [1.165, 1.54) is 90.1 Å². The zero-order chi connectivity index (χ0) is 20.9. The quantitative estimate of drug-likeness (QED) is 0.295.